The predicted molar refractivity (Wildman–Crippen MR) is 110 cm³/mol. The molecule has 0 bridgehead atoms. The van der Waals surface area contributed by atoms with Gasteiger partial charge in [0.15, 0.2) is 0 Å². The molecule has 1 atom stereocenters. The van der Waals surface area contributed by atoms with Crippen molar-refractivity contribution < 1.29 is 9.57 Å². The van der Waals surface area contributed by atoms with E-state index in [2.05, 4.69) is 69.2 Å². The average molecular weight is 368 g/mol. The first kappa shape index (κ1) is 20.1. The Morgan fingerprint density at radius 3 is 2.00 bits per heavy atom. The fourth-order valence-corrected chi connectivity index (χ4v) is 4.10. The Balaban J connectivity index is 1.74. The molecule has 1 aliphatic rings. The number of ether oxygens (including phenoxy) is 1. The van der Waals surface area contributed by atoms with Gasteiger partial charge in [-0.05, 0) is 58.1 Å². The van der Waals surface area contributed by atoms with Gasteiger partial charge in [0.2, 0.25) is 0 Å². The van der Waals surface area contributed by atoms with Gasteiger partial charge in [0.1, 0.15) is 6.10 Å². The number of hydroxylamine groups is 2. The van der Waals surface area contributed by atoms with E-state index in [-0.39, 0.29) is 17.2 Å². The Hall–Kier alpha value is -1.68. The maximum absolute atomic E-state index is 6.65. The van der Waals surface area contributed by atoms with Crippen LogP contribution in [-0.4, -0.2) is 22.7 Å². The van der Waals surface area contributed by atoms with E-state index in [0.717, 1.165) is 18.4 Å². The fourth-order valence-electron chi connectivity index (χ4n) is 4.10. The highest BCUT2D eigenvalue weighted by atomic mass is 16.7. The Morgan fingerprint density at radius 1 is 0.852 bits per heavy atom. The molecule has 0 spiro atoms. The van der Waals surface area contributed by atoms with Crippen LogP contribution in [0.2, 0.25) is 0 Å². The number of benzene rings is 2. The summed E-state index contributed by atoms with van der Waals surface area (Å²) in [5, 5.41) is 2.23. The van der Waals surface area contributed by atoms with E-state index in [1.54, 1.807) is 0 Å². The molecule has 3 heteroatoms. The van der Waals surface area contributed by atoms with Crippen molar-refractivity contribution >= 4 is 0 Å². The zero-order valence-electron chi connectivity index (χ0n) is 17.2. The second kappa shape index (κ2) is 8.55. The van der Waals surface area contributed by atoms with Gasteiger partial charge in [0.25, 0.3) is 0 Å². The molecular weight excluding hydrogens is 334 g/mol. The quantitative estimate of drug-likeness (QED) is 0.606. The topological polar surface area (TPSA) is 21.7 Å². The minimum Gasteiger partial charge on any atom is -0.374 e. The van der Waals surface area contributed by atoms with Crippen molar-refractivity contribution in [2.75, 3.05) is 6.61 Å². The van der Waals surface area contributed by atoms with Crippen LogP contribution in [0.4, 0.5) is 0 Å². The zero-order valence-corrected chi connectivity index (χ0v) is 17.2. The Morgan fingerprint density at radius 2 is 1.41 bits per heavy atom. The van der Waals surface area contributed by atoms with Gasteiger partial charge >= 0.3 is 0 Å². The normalized spacial score (nSPS) is 20.3. The van der Waals surface area contributed by atoms with E-state index < -0.39 is 0 Å². The predicted octanol–water partition coefficient (Wildman–Crippen LogP) is 5.92. The third-order valence-corrected chi connectivity index (χ3v) is 5.46. The van der Waals surface area contributed by atoms with Crippen LogP contribution in [0.25, 0.3) is 0 Å². The number of piperidine rings is 1. The summed E-state index contributed by atoms with van der Waals surface area (Å²) < 4.78 is 6.06. The molecule has 146 valence electrons. The molecule has 0 unspecified atom stereocenters. The molecule has 1 fully saturated rings. The summed E-state index contributed by atoms with van der Waals surface area (Å²) in [7, 11) is 0. The third kappa shape index (κ3) is 5.19. The van der Waals surface area contributed by atoms with Gasteiger partial charge < -0.3 is 4.74 Å². The molecule has 0 N–H and O–H groups in total. The third-order valence-electron chi connectivity index (χ3n) is 5.46. The van der Waals surface area contributed by atoms with Crippen molar-refractivity contribution in [3.05, 3.63) is 71.8 Å². The smallest absolute Gasteiger partial charge is 0.128 e. The molecule has 2 aromatic carbocycles. The van der Waals surface area contributed by atoms with Crippen molar-refractivity contribution in [1.29, 1.82) is 0 Å². The van der Waals surface area contributed by atoms with E-state index in [4.69, 9.17) is 9.57 Å². The lowest BCUT2D eigenvalue weighted by atomic mass is 9.82. The van der Waals surface area contributed by atoms with E-state index >= 15 is 0 Å². The maximum atomic E-state index is 6.65. The van der Waals surface area contributed by atoms with Crippen molar-refractivity contribution in [3.8, 4) is 0 Å². The first-order chi connectivity index (χ1) is 12.9. The van der Waals surface area contributed by atoms with Gasteiger partial charge in [0.05, 0.1) is 13.2 Å². The van der Waals surface area contributed by atoms with Gasteiger partial charge in [0, 0.05) is 11.1 Å². The fraction of sp³-hybridized carbons (Fsp3) is 0.500. The molecule has 3 nitrogen and oxygen atoms in total. The molecule has 1 aliphatic heterocycles. The van der Waals surface area contributed by atoms with Crippen molar-refractivity contribution in [2.24, 2.45) is 0 Å². The molecule has 1 saturated heterocycles. The van der Waals surface area contributed by atoms with E-state index in [1.165, 1.54) is 12.0 Å². The minimum atomic E-state index is -0.119. The molecule has 2 aromatic rings. The maximum Gasteiger partial charge on any atom is 0.128 e. The van der Waals surface area contributed by atoms with E-state index in [0.29, 0.717) is 13.2 Å². The number of rotatable bonds is 7. The van der Waals surface area contributed by atoms with Gasteiger partial charge in [-0.1, -0.05) is 60.7 Å². The molecule has 27 heavy (non-hydrogen) atoms. The number of hydrogen-bond acceptors (Lipinski definition) is 3. The summed E-state index contributed by atoms with van der Waals surface area (Å²) in [6.45, 7) is 10.2. The van der Waals surface area contributed by atoms with Gasteiger partial charge in [-0.3, -0.25) is 4.84 Å². The van der Waals surface area contributed by atoms with Crippen LogP contribution in [0.15, 0.2) is 60.7 Å². The number of nitrogens with zero attached hydrogens (tertiary/aromatic N) is 1. The van der Waals surface area contributed by atoms with Crippen molar-refractivity contribution in [2.45, 2.75) is 70.7 Å². The average Bonchev–Trinajstić information content (AvgIpc) is 2.64. The Kier molecular flexibility index (Phi) is 6.36. The van der Waals surface area contributed by atoms with Crippen LogP contribution in [-0.2, 0) is 16.2 Å². The standard InChI is InChI=1S/C24H33NO2/c1-23(2)16-11-17-24(3,4)25(23)27-22(21-14-9-6-10-15-21)19-26-18-20-12-7-5-8-13-20/h5-10,12-15,22H,11,16-19H2,1-4H3/t22-/m0/s1. The number of hydrogen-bond donors (Lipinski definition) is 0. The van der Waals surface area contributed by atoms with Gasteiger partial charge in [-0.15, -0.1) is 0 Å². The summed E-state index contributed by atoms with van der Waals surface area (Å²) >= 11 is 0. The molecule has 3 rings (SSSR count). The SMILES string of the molecule is CC1(C)CCCC(C)(C)N1O[C@@H](COCc1ccccc1)c1ccccc1. The molecule has 1 heterocycles. The highest BCUT2D eigenvalue weighted by Gasteiger charge is 2.43. The van der Waals surface area contributed by atoms with Crippen molar-refractivity contribution in [1.82, 2.24) is 5.06 Å². The summed E-state index contributed by atoms with van der Waals surface area (Å²) in [4.78, 5) is 6.65. The summed E-state index contributed by atoms with van der Waals surface area (Å²) in [6.07, 6.45) is 3.40. The summed E-state index contributed by atoms with van der Waals surface area (Å²) in [5.41, 5.74) is 2.35. The van der Waals surface area contributed by atoms with E-state index in [9.17, 15) is 0 Å². The first-order valence-corrected chi connectivity index (χ1v) is 10.0. The lowest BCUT2D eigenvalue weighted by molar-refractivity contribution is -0.313. The van der Waals surface area contributed by atoms with Gasteiger partial charge in [-0.25, -0.2) is 0 Å². The summed E-state index contributed by atoms with van der Waals surface area (Å²) in [5.74, 6) is 0. The molecule has 0 radical (unpaired) electrons. The molecule has 0 aliphatic carbocycles. The first-order valence-electron chi connectivity index (χ1n) is 10.0. The van der Waals surface area contributed by atoms with Crippen LogP contribution in [0.5, 0.6) is 0 Å². The van der Waals surface area contributed by atoms with Crippen LogP contribution >= 0.6 is 0 Å². The summed E-state index contributed by atoms with van der Waals surface area (Å²) in [6, 6.07) is 20.7. The minimum absolute atomic E-state index is 0.00815. The highest BCUT2D eigenvalue weighted by molar-refractivity contribution is 5.18. The molecule has 0 saturated carbocycles. The van der Waals surface area contributed by atoms with Crippen LogP contribution in [0, 0.1) is 0 Å². The highest BCUT2D eigenvalue weighted by Crippen LogP contribution is 2.40. The molecule has 0 amide bonds. The van der Waals surface area contributed by atoms with E-state index in [1.807, 2.05) is 24.3 Å². The second-order valence-corrected chi connectivity index (χ2v) is 8.78. The Labute approximate surface area is 164 Å². The lowest BCUT2D eigenvalue weighted by Crippen LogP contribution is -2.58. The molecular formula is C24H33NO2. The van der Waals surface area contributed by atoms with Crippen LogP contribution < -0.4 is 0 Å². The van der Waals surface area contributed by atoms with Crippen LogP contribution in [0.1, 0.15) is 64.2 Å². The van der Waals surface area contributed by atoms with Crippen molar-refractivity contribution in [3.63, 3.8) is 0 Å². The lowest BCUT2D eigenvalue weighted by Gasteiger charge is -2.52. The second-order valence-electron chi connectivity index (χ2n) is 8.78. The molecule has 0 aromatic heterocycles. The Bertz CT molecular complexity index is 681. The van der Waals surface area contributed by atoms with Crippen LogP contribution in [0.3, 0.4) is 0 Å². The monoisotopic (exact) mass is 367 g/mol. The largest absolute Gasteiger partial charge is 0.374 e. The zero-order chi connectivity index (χ0) is 19.3. The van der Waals surface area contributed by atoms with Gasteiger partial charge in [-0.2, -0.15) is 5.06 Å².